The third-order valence-electron chi connectivity index (χ3n) is 5.40. The highest BCUT2D eigenvalue weighted by Crippen LogP contribution is 2.34. The molecule has 1 aliphatic rings. The molecule has 0 spiro atoms. The molecular formula is C22H24FNO4. The maximum Gasteiger partial charge on any atom is 0.335 e. The fourth-order valence-corrected chi connectivity index (χ4v) is 3.68. The Morgan fingerprint density at radius 3 is 2.43 bits per heavy atom. The Balaban J connectivity index is 1.63. The molecule has 0 aromatic heterocycles. The first kappa shape index (κ1) is 20.0. The molecule has 0 atom stereocenters. The van der Waals surface area contributed by atoms with E-state index in [-0.39, 0.29) is 29.1 Å². The normalized spacial score (nSPS) is 15.8. The van der Waals surface area contributed by atoms with Crippen molar-refractivity contribution in [2.24, 2.45) is 0 Å². The molecule has 28 heavy (non-hydrogen) atoms. The quantitative estimate of drug-likeness (QED) is 0.767. The molecule has 3 rings (SSSR count). The summed E-state index contributed by atoms with van der Waals surface area (Å²) >= 11 is 0. The summed E-state index contributed by atoms with van der Waals surface area (Å²) in [7, 11) is 0. The number of carbonyl (C=O) groups is 2. The van der Waals surface area contributed by atoms with Crippen molar-refractivity contribution < 1.29 is 23.8 Å². The average molecular weight is 385 g/mol. The minimum Gasteiger partial charge on any atom is -0.478 e. The van der Waals surface area contributed by atoms with Crippen LogP contribution < -0.4 is 5.32 Å². The molecule has 5 nitrogen and oxygen atoms in total. The van der Waals surface area contributed by atoms with Gasteiger partial charge in [0.25, 0.3) is 0 Å². The van der Waals surface area contributed by atoms with Gasteiger partial charge in [-0.05, 0) is 48.6 Å². The van der Waals surface area contributed by atoms with Gasteiger partial charge in [-0.15, -0.1) is 0 Å². The van der Waals surface area contributed by atoms with Crippen molar-refractivity contribution in [1.82, 2.24) is 5.32 Å². The number of aromatic carboxylic acids is 1. The molecule has 2 aromatic rings. The standard InChI is InChI=1S/C22H24FNO4/c23-18-8-6-17(7-9-18)22(11-13-28-14-12-22)15-24-20(25)10-5-16-3-1-2-4-19(16)21(26)27/h1-4,6-9H,5,10-15H2,(H,24,25)(H,26,27). The van der Waals surface area contributed by atoms with Gasteiger partial charge >= 0.3 is 5.97 Å². The molecule has 6 heteroatoms. The zero-order valence-corrected chi connectivity index (χ0v) is 15.6. The van der Waals surface area contributed by atoms with E-state index in [1.54, 1.807) is 36.4 Å². The minimum atomic E-state index is -0.992. The van der Waals surface area contributed by atoms with Crippen molar-refractivity contribution in [3.05, 3.63) is 71.0 Å². The molecule has 2 N–H and O–H groups in total. The van der Waals surface area contributed by atoms with Crippen molar-refractivity contribution in [3.8, 4) is 0 Å². The molecule has 1 aliphatic heterocycles. The van der Waals surface area contributed by atoms with Crippen LogP contribution in [0.2, 0.25) is 0 Å². The zero-order valence-electron chi connectivity index (χ0n) is 15.6. The van der Waals surface area contributed by atoms with Crippen LogP contribution in [-0.4, -0.2) is 36.7 Å². The summed E-state index contributed by atoms with van der Waals surface area (Å²) in [6.07, 6.45) is 2.07. The van der Waals surface area contributed by atoms with Crippen LogP contribution in [0.5, 0.6) is 0 Å². The van der Waals surface area contributed by atoms with Crippen molar-refractivity contribution >= 4 is 11.9 Å². The highest BCUT2D eigenvalue weighted by atomic mass is 19.1. The molecule has 1 amide bonds. The number of ether oxygens (including phenoxy) is 1. The number of carboxylic acid groups (broad SMARTS) is 1. The Kier molecular flexibility index (Phi) is 6.41. The summed E-state index contributed by atoms with van der Waals surface area (Å²) < 4.78 is 18.8. The van der Waals surface area contributed by atoms with Gasteiger partial charge in [-0.3, -0.25) is 4.79 Å². The maximum absolute atomic E-state index is 13.3. The predicted octanol–water partition coefficient (Wildman–Crippen LogP) is 3.32. The molecule has 1 fully saturated rings. The lowest BCUT2D eigenvalue weighted by molar-refractivity contribution is -0.121. The van der Waals surface area contributed by atoms with Gasteiger partial charge in [-0.1, -0.05) is 30.3 Å². The highest BCUT2D eigenvalue weighted by molar-refractivity contribution is 5.89. The van der Waals surface area contributed by atoms with E-state index in [1.165, 1.54) is 12.1 Å². The van der Waals surface area contributed by atoms with E-state index < -0.39 is 5.97 Å². The SMILES string of the molecule is O=C(CCc1ccccc1C(=O)O)NCC1(c2ccc(F)cc2)CCOCC1. The fourth-order valence-electron chi connectivity index (χ4n) is 3.68. The number of halogens is 1. The number of nitrogens with one attached hydrogen (secondary N) is 1. The van der Waals surface area contributed by atoms with Gasteiger partial charge in [-0.25, -0.2) is 9.18 Å². The summed E-state index contributed by atoms with van der Waals surface area (Å²) in [6, 6.07) is 13.1. The first-order chi connectivity index (χ1) is 13.5. The lowest BCUT2D eigenvalue weighted by Gasteiger charge is -2.38. The molecule has 1 saturated heterocycles. The smallest absolute Gasteiger partial charge is 0.335 e. The van der Waals surface area contributed by atoms with Gasteiger partial charge in [0, 0.05) is 31.6 Å². The van der Waals surface area contributed by atoms with Crippen molar-refractivity contribution in [2.75, 3.05) is 19.8 Å². The van der Waals surface area contributed by atoms with E-state index in [9.17, 15) is 19.1 Å². The number of rotatable bonds is 7. The molecule has 0 unspecified atom stereocenters. The fraction of sp³-hybridized carbons (Fsp3) is 0.364. The summed E-state index contributed by atoms with van der Waals surface area (Å²) in [4.78, 5) is 23.7. The van der Waals surface area contributed by atoms with Crippen LogP contribution in [0.3, 0.4) is 0 Å². The van der Waals surface area contributed by atoms with Crippen LogP contribution in [0.25, 0.3) is 0 Å². The Morgan fingerprint density at radius 2 is 1.75 bits per heavy atom. The number of benzene rings is 2. The largest absolute Gasteiger partial charge is 0.478 e. The van der Waals surface area contributed by atoms with Gasteiger partial charge < -0.3 is 15.2 Å². The Morgan fingerprint density at radius 1 is 1.07 bits per heavy atom. The maximum atomic E-state index is 13.3. The number of amides is 1. The molecular weight excluding hydrogens is 361 g/mol. The average Bonchev–Trinajstić information content (AvgIpc) is 2.72. The molecule has 2 aromatic carbocycles. The Hall–Kier alpha value is -2.73. The van der Waals surface area contributed by atoms with Gasteiger partial charge in [0.05, 0.1) is 5.56 Å². The first-order valence-corrected chi connectivity index (χ1v) is 9.42. The number of carboxylic acids is 1. The number of hydrogen-bond acceptors (Lipinski definition) is 3. The summed E-state index contributed by atoms with van der Waals surface area (Å²) in [5.41, 5.74) is 1.58. The van der Waals surface area contributed by atoms with Crippen molar-refractivity contribution in [2.45, 2.75) is 31.1 Å². The van der Waals surface area contributed by atoms with E-state index in [0.29, 0.717) is 31.7 Å². The van der Waals surface area contributed by atoms with Crippen molar-refractivity contribution in [3.63, 3.8) is 0 Å². The number of carbonyl (C=O) groups excluding carboxylic acids is 1. The van der Waals surface area contributed by atoms with Gasteiger partial charge in [-0.2, -0.15) is 0 Å². The summed E-state index contributed by atoms with van der Waals surface area (Å²) in [6.45, 7) is 1.64. The molecule has 0 saturated carbocycles. The molecule has 0 aliphatic carbocycles. The van der Waals surface area contributed by atoms with Crippen LogP contribution in [0, 0.1) is 5.82 Å². The second-order valence-corrected chi connectivity index (χ2v) is 7.14. The lowest BCUT2D eigenvalue weighted by atomic mass is 9.74. The molecule has 0 radical (unpaired) electrons. The highest BCUT2D eigenvalue weighted by Gasteiger charge is 2.34. The molecule has 1 heterocycles. The Bertz CT molecular complexity index is 829. The zero-order chi connectivity index (χ0) is 20.0. The minimum absolute atomic E-state index is 0.131. The predicted molar refractivity (Wildman–Crippen MR) is 103 cm³/mol. The van der Waals surface area contributed by atoms with Crippen molar-refractivity contribution in [1.29, 1.82) is 0 Å². The monoisotopic (exact) mass is 385 g/mol. The topological polar surface area (TPSA) is 75.6 Å². The first-order valence-electron chi connectivity index (χ1n) is 9.42. The Labute approximate surface area is 163 Å². The van der Waals surface area contributed by atoms with Gasteiger partial charge in [0.1, 0.15) is 5.82 Å². The van der Waals surface area contributed by atoms with E-state index >= 15 is 0 Å². The van der Waals surface area contributed by atoms with Crippen LogP contribution in [0.4, 0.5) is 4.39 Å². The third kappa shape index (κ3) is 4.75. The summed E-state index contributed by atoms with van der Waals surface area (Å²) in [5.74, 6) is -1.41. The van der Waals surface area contributed by atoms with E-state index in [0.717, 1.165) is 18.4 Å². The van der Waals surface area contributed by atoms with E-state index in [4.69, 9.17) is 4.74 Å². The van der Waals surface area contributed by atoms with Crippen LogP contribution >= 0.6 is 0 Å². The number of hydrogen-bond donors (Lipinski definition) is 2. The van der Waals surface area contributed by atoms with Gasteiger partial charge in [0.2, 0.25) is 5.91 Å². The van der Waals surface area contributed by atoms with E-state index in [2.05, 4.69) is 5.32 Å². The summed E-state index contributed by atoms with van der Waals surface area (Å²) in [5, 5.41) is 12.2. The second kappa shape index (κ2) is 8.97. The van der Waals surface area contributed by atoms with Gasteiger partial charge in [0.15, 0.2) is 0 Å². The van der Waals surface area contributed by atoms with Crippen LogP contribution in [-0.2, 0) is 21.4 Å². The van der Waals surface area contributed by atoms with Crippen LogP contribution in [0.1, 0.15) is 40.7 Å². The third-order valence-corrected chi connectivity index (χ3v) is 5.40. The molecule has 0 bridgehead atoms. The molecule has 148 valence electrons. The second-order valence-electron chi connectivity index (χ2n) is 7.14. The number of aryl methyl sites for hydroxylation is 1. The van der Waals surface area contributed by atoms with E-state index in [1.807, 2.05) is 0 Å². The lowest BCUT2D eigenvalue weighted by Crippen LogP contribution is -2.44. The van der Waals surface area contributed by atoms with Crippen LogP contribution in [0.15, 0.2) is 48.5 Å².